The Morgan fingerprint density at radius 2 is 1.85 bits per heavy atom. The third-order valence-electron chi connectivity index (χ3n) is 6.94. The van der Waals surface area contributed by atoms with E-state index in [-0.39, 0.29) is 17.9 Å². The molecule has 2 aliphatic rings. The van der Waals surface area contributed by atoms with Gasteiger partial charge in [0.1, 0.15) is 17.7 Å². The zero-order chi connectivity index (χ0) is 26.6. The molecule has 1 atom stereocenters. The molecule has 0 spiro atoms. The number of halogens is 1. The minimum Gasteiger partial charge on any atom is -0.382 e. The van der Waals surface area contributed by atoms with Gasteiger partial charge in [0.25, 0.3) is 0 Å². The number of benzene rings is 2. The molecule has 2 aromatic heterocycles. The lowest BCUT2D eigenvalue weighted by Crippen LogP contribution is -2.27. The van der Waals surface area contributed by atoms with Crippen molar-refractivity contribution in [2.24, 2.45) is 0 Å². The quantitative estimate of drug-likeness (QED) is 0.288. The Balaban J connectivity index is 1.17. The standard InChI is InChI=1S/C29H30FN5O3S/c30-23-14-18(16-32-27-2-1-11-37-27)3-8-22(23)24-15-26(38-35-24)28-29(31)33-17-25(34-28)19-4-6-20(7-5-19)39-21-9-12-36-13-10-21/h3-8,14-15,17,21,27,32H,1-2,9-13,16H2,(H2,31,33). The van der Waals surface area contributed by atoms with E-state index in [4.69, 9.17) is 24.7 Å². The van der Waals surface area contributed by atoms with E-state index in [0.717, 1.165) is 56.6 Å². The molecule has 4 heterocycles. The molecule has 2 aromatic carbocycles. The lowest BCUT2D eigenvalue weighted by molar-refractivity contribution is 0.0827. The molecule has 39 heavy (non-hydrogen) atoms. The van der Waals surface area contributed by atoms with Gasteiger partial charge in [0.2, 0.25) is 0 Å². The smallest absolute Gasteiger partial charge is 0.189 e. The summed E-state index contributed by atoms with van der Waals surface area (Å²) in [6, 6.07) is 15.0. The van der Waals surface area contributed by atoms with Crippen molar-refractivity contribution in [3.05, 3.63) is 66.1 Å². The van der Waals surface area contributed by atoms with Crippen LogP contribution in [-0.4, -0.2) is 46.4 Å². The molecule has 202 valence electrons. The SMILES string of the molecule is Nc1ncc(-c2ccc(SC3CCOCC3)cc2)nc1-c1cc(-c2ccc(CNC3CCCO3)cc2F)no1. The second kappa shape index (κ2) is 11.8. The second-order valence-corrected chi connectivity index (χ2v) is 11.1. The number of nitrogen functional groups attached to an aromatic ring is 1. The summed E-state index contributed by atoms with van der Waals surface area (Å²) in [5, 5.41) is 7.97. The molecule has 3 N–H and O–H groups in total. The highest BCUT2D eigenvalue weighted by atomic mass is 32.2. The summed E-state index contributed by atoms with van der Waals surface area (Å²) in [7, 11) is 0. The topological polar surface area (TPSA) is 108 Å². The maximum atomic E-state index is 15.0. The Labute approximate surface area is 230 Å². The summed E-state index contributed by atoms with van der Waals surface area (Å²) < 4.78 is 31.6. The van der Waals surface area contributed by atoms with Gasteiger partial charge in [-0.05, 0) is 55.5 Å². The van der Waals surface area contributed by atoms with Crippen LogP contribution < -0.4 is 11.1 Å². The van der Waals surface area contributed by atoms with Gasteiger partial charge in [0.15, 0.2) is 17.3 Å². The minimum absolute atomic E-state index is 0.0297. The highest BCUT2D eigenvalue weighted by molar-refractivity contribution is 8.00. The van der Waals surface area contributed by atoms with E-state index in [1.807, 2.05) is 30.0 Å². The Morgan fingerprint density at radius 1 is 1.00 bits per heavy atom. The number of hydrogen-bond donors (Lipinski definition) is 2. The molecule has 8 nitrogen and oxygen atoms in total. The van der Waals surface area contributed by atoms with Gasteiger partial charge in [-0.3, -0.25) is 5.32 Å². The average molecular weight is 548 g/mol. The van der Waals surface area contributed by atoms with Crippen molar-refractivity contribution in [1.82, 2.24) is 20.4 Å². The number of nitrogens with zero attached hydrogens (tertiary/aromatic N) is 3. The number of ether oxygens (including phenoxy) is 2. The molecular formula is C29H30FN5O3S. The number of rotatable bonds is 8. The molecule has 4 aromatic rings. The molecule has 2 fully saturated rings. The van der Waals surface area contributed by atoms with E-state index < -0.39 is 0 Å². The largest absolute Gasteiger partial charge is 0.382 e. The van der Waals surface area contributed by atoms with Crippen LogP contribution in [0.25, 0.3) is 34.0 Å². The minimum atomic E-state index is -0.381. The van der Waals surface area contributed by atoms with Gasteiger partial charge in [0.05, 0.1) is 11.9 Å². The molecular weight excluding hydrogens is 517 g/mol. The first-order valence-electron chi connectivity index (χ1n) is 13.2. The fraction of sp³-hybridized carbons (Fsp3) is 0.345. The first kappa shape index (κ1) is 25.9. The normalized spacial score (nSPS) is 18.0. The van der Waals surface area contributed by atoms with Crippen LogP contribution in [0.15, 0.2) is 64.1 Å². The highest BCUT2D eigenvalue weighted by Gasteiger charge is 2.19. The first-order valence-corrected chi connectivity index (χ1v) is 14.1. The summed E-state index contributed by atoms with van der Waals surface area (Å²) >= 11 is 1.88. The Morgan fingerprint density at radius 3 is 2.62 bits per heavy atom. The molecule has 10 heteroatoms. The zero-order valence-electron chi connectivity index (χ0n) is 21.4. The summed E-state index contributed by atoms with van der Waals surface area (Å²) in [5.41, 5.74) is 9.62. The molecule has 0 aliphatic carbocycles. The number of aromatic nitrogens is 3. The molecule has 2 aliphatic heterocycles. The molecule has 2 saturated heterocycles. The maximum absolute atomic E-state index is 15.0. The molecule has 6 rings (SSSR count). The van der Waals surface area contributed by atoms with Crippen LogP contribution in [0.3, 0.4) is 0 Å². The van der Waals surface area contributed by atoms with E-state index in [1.165, 1.54) is 11.0 Å². The summed E-state index contributed by atoms with van der Waals surface area (Å²) in [5.74, 6) is 0.157. The van der Waals surface area contributed by atoms with Crippen LogP contribution in [0.4, 0.5) is 10.2 Å². The van der Waals surface area contributed by atoms with E-state index in [2.05, 4.69) is 27.6 Å². The lowest BCUT2D eigenvalue weighted by atomic mass is 10.1. The fourth-order valence-electron chi connectivity index (χ4n) is 4.77. The van der Waals surface area contributed by atoms with Crippen molar-refractivity contribution < 1.29 is 18.4 Å². The van der Waals surface area contributed by atoms with Crippen LogP contribution in [0.2, 0.25) is 0 Å². The van der Waals surface area contributed by atoms with Gasteiger partial charge in [-0.15, -0.1) is 11.8 Å². The zero-order valence-corrected chi connectivity index (χ0v) is 22.3. The Kier molecular flexibility index (Phi) is 7.87. The molecule has 0 radical (unpaired) electrons. The lowest BCUT2D eigenvalue weighted by Gasteiger charge is -2.21. The van der Waals surface area contributed by atoms with Crippen molar-refractivity contribution in [1.29, 1.82) is 0 Å². The van der Waals surface area contributed by atoms with Crippen LogP contribution >= 0.6 is 11.8 Å². The summed E-state index contributed by atoms with van der Waals surface area (Å²) in [4.78, 5) is 10.2. The van der Waals surface area contributed by atoms with Crippen molar-refractivity contribution in [3.8, 4) is 34.0 Å². The van der Waals surface area contributed by atoms with Gasteiger partial charge in [-0.1, -0.05) is 23.4 Å². The van der Waals surface area contributed by atoms with Crippen molar-refractivity contribution in [2.75, 3.05) is 25.6 Å². The second-order valence-electron chi connectivity index (χ2n) is 9.72. The predicted molar refractivity (Wildman–Crippen MR) is 148 cm³/mol. The molecule has 0 bridgehead atoms. The van der Waals surface area contributed by atoms with E-state index >= 15 is 0 Å². The first-order chi connectivity index (χ1) is 19.1. The van der Waals surface area contributed by atoms with E-state index in [1.54, 1.807) is 18.3 Å². The number of thioether (sulfide) groups is 1. The van der Waals surface area contributed by atoms with Gasteiger partial charge < -0.3 is 19.7 Å². The number of anilines is 1. The molecule has 0 amide bonds. The number of nitrogens with two attached hydrogens (primary N) is 1. The van der Waals surface area contributed by atoms with Crippen LogP contribution in [-0.2, 0) is 16.0 Å². The van der Waals surface area contributed by atoms with Crippen molar-refractivity contribution in [2.45, 2.75) is 48.6 Å². The summed E-state index contributed by atoms with van der Waals surface area (Å²) in [6.07, 6.45) is 5.82. The number of hydrogen-bond acceptors (Lipinski definition) is 9. The Bertz CT molecular complexity index is 1420. The van der Waals surface area contributed by atoms with Crippen molar-refractivity contribution in [3.63, 3.8) is 0 Å². The van der Waals surface area contributed by atoms with Crippen LogP contribution in [0, 0.1) is 5.82 Å². The van der Waals surface area contributed by atoms with Gasteiger partial charge in [0, 0.05) is 53.7 Å². The van der Waals surface area contributed by atoms with E-state index in [9.17, 15) is 4.39 Å². The fourth-order valence-corrected chi connectivity index (χ4v) is 5.88. The van der Waals surface area contributed by atoms with Crippen molar-refractivity contribution >= 4 is 17.6 Å². The average Bonchev–Trinajstić information content (AvgIpc) is 3.66. The van der Waals surface area contributed by atoms with Crippen LogP contribution in [0.1, 0.15) is 31.2 Å². The summed E-state index contributed by atoms with van der Waals surface area (Å²) in [6.45, 7) is 2.95. The Hall–Kier alpha value is -3.31. The van der Waals surface area contributed by atoms with E-state index in [0.29, 0.717) is 40.2 Å². The third-order valence-corrected chi connectivity index (χ3v) is 8.29. The van der Waals surface area contributed by atoms with Gasteiger partial charge in [-0.2, -0.15) is 0 Å². The predicted octanol–water partition coefficient (Wildman–Crippen LogP) is 5.68. The third kappa shape index (κ3) is 6.14. The maximum Gasteiger partial charge on any atom is 0.189 e. The molecule has 0 saturated carbocycles. The number of nitrogens with one attached hydrogen (secondary N) is 1. The highest BCUT2D eigenvalue weighted by Crippen LogP contribution is 2.33. The van der Waals surface area contributed by atoms with Gasteiger partial charge >= 0.3 is 0 Å². The van der Waals surface area contributed by atoms with Gasteiger partial charge in [-0.25, -0.2) is 14.4 Å². The monoisotopic (exact) mass is 547 g/mol. The van der Waals surface area contributed by atoms with Crippen LogP contribution in [0.5, 0.6) is 0 Å². The molecule has 1 unspecified atom stereocenters.